The van der Waals surface area contributed by atoms with E-state index in [2.05, 4.69) is 11.9 Å². The van der Waals surface area contributed by atoms with E-state index in [1.54, 1.807) is 0 Å². The van der Waals surface area contributed by atoms with E-state index in [0.29, 0.717) is 5.41 Å². The Bertz CT molecular complexity index is 390. The molecule has 0 aromatic heterocycles. The number of nitrogens with one attached hydrogen (secondary N) is 1. The van der Waals surface area contributed by atoms with E-state index in [9.17, 15) is 18.0 Å². The Morgan fingerprint density at radius 1 is 1.35 bits per heavy atom. The molecule has 1 atom stereocenters. The minimum Gasteiger partial charge on any atom is -0.475 e. The van der Waals surface area contributed by atoms with Crippen molar-refractivity contribution in [2.24, 2.45) is 5.41 Å². The number of likely N-dealkylation sites (tertiary alicyclic amines) is 1. The highest BCUT2D eigenvalue weighted by Crippen LogP contribution is 2.35. The van der Waals surface area contributed by atoms with E-state index >= 15 is 0 Å². The summed E-state index contributed by atoms with van der Waals surface area (Å²) in [7, 11) is 0. The second-order valence-electron chi connectivity index (χ2n) is 4.94. The minimum absolute atomic E-state index is 0.0868. The Balaban J connectivity index is 0.000000246. The number of hydrogen-bond acceptors (Lipinski definition) is 3. The molecule has 2 rings (SSSR count). The molecule has 2 heterocycles. The summed E-state index contributed by atoms with van der Waals surface area (Å²) in [4.78, 5) is 22.2. The lowest BCUT2D eigenvalue weighted by Gasteiger charge is -2.21. The Morgan fingerprint density at radius 3 is 2.35 bits per heavy atom. The minimum atomic E-state index is -5.08. The van der Waals surface area contributed by atoms with Gasteiger partial charge in [-0.3, -0.25) is 4.79 Å². The van der Waals surface area contributed by atoms with Crippen molar-refractivity contribution in [1.29, 1.82) is 0 Å². The van der Waals surface area contributed by atoms with Crippen LogP contribution in [-0.2, 0) is 9.59 Å². The molecule has 1 spiro atoms. The molecule has 0 saturated carbocycles. The predicted octanol–water partition coefficient (Wildman–Crippen LogP) is 1.02. The van der Waals surface area contributed by atoms with Crippen LogP contribution in [-0.4, -0.2) is 54.2 Å². The molecule has 0 radical (unpaired) electrons. The van der Waals surface area contributed by atoms with Gasteiger partial charge in [0.15, 0.2) is 0 Å². The lowest BCUT2D eigenvalue weighted by Crippen LogP contribution is -2.32. The van der Waals surface area contributed by atoms with Crippen LogP contribution in [0.25, 0.3) is 0 Å². The van der Waals surface area contributed by atoms with Crippen molar-refractivity contribution < 1.29 is 27.9 Å². The SMILES string of the molecule is C=CC(=O)N1CCC2(CCNC2)C1.O=C(O)C(F)(F)F. The Hall–Kier alpha value is -1.57. The number of carboxylic acids is 1. The van der Waals surface area contributed by atoms with E-state index in [1.165, 1.54) is 12.5 Å². The lowest BCUT2D eigenvalue weighted by atomic mass is 9.87. The van der Waals surface area contributed by atoms with Gasteiger partial charge in [-0.15, -0.1) is 0 Å². The second kappa shape index (κ2) is 6.25. The van der Waals surface area contributed by atoms with Gasteiger partial charge in [0.05, 0.1) is 0 Å². The van der Waals surface area contributed by atoms with Crippen LogP contribution in [0, 0.1) is 5.41 Å². The summed E-state index contributed by atoms with van der Waals surface area (Å²) < 4.78 is 31.7. The number of carbonyl (C=O) groups is 2. The molecule has 114 valence electrons. The van der Waals surface area contributed by atoms with E-state index in [1.807, 2.05) is 4.90 Å². The van der Waals surface area contributed by atoms with Crippen molar-refractivity contribution >= 4 is 11.9 Å². The molecule has 0 aromatic carbocycles. The topological polar surface area (TPSA) is 69.6 Å². The third-order valence-corrected chi connectivity index (χ3v) is 3.50. The number of aliphatic carboxylic acids is 1. The van der Waals surface area contributed by atoms with Crippen molar-refractivity contribution in [1.82, 2.24) is 10.2 Å². The van der Waals surface area contributed by atoms with E-state index in [0.717, 1.165) is 32.6 Å². The van der Waals surface area contributed by atoms with Crippen LogP contribution >= 0.6 is 0 Å². The predicted molar refractivity (Wildman–Crippen MR) is 65.0 cm³/mol. The smallest absolute Gasteiger partial charge is 0.475 e. The van der Waals surface area contributed by atoms with Gasteiger partial charge < -0.3 is 15.3 Å². The van der Waals surface area contributed by atoms with Gasteiger partial charge in [0, 0.05) is 25.0 Å². The number of hydrogen-bond donors (Lipinski definition) is 2. The van der Waals surface area contributed by atoms with Crippen LogP contribution in [0.15, 0.2) is 12.7 Å². The number of alkyl halides is 3. The zero-order valence-corrected chi connectivity index (χ0v) is 10.9. The van der Waals surface area contributed by atoms with Crippen LogP contribution in [0.2, 0.25) is 0 Å². The summed E-state index contributed by atoms with van der Waals surface area (Å²) in [6, 6.07) is 0. The first-order chi connectivity index (χ1) is 9.20. The van der Waals surface area contributed by atoms with Gasteiger partial charge >= 0.3 is 12.1 Å². The molecule has 20 heavy (non-hydrogen) atoms. The van der Waals surface area contributed by atoms with Crippen molar-refractivity contribution in [3.63, 3.8) is 0 Å². The van der Waals surface area contributed by atoms with Gasteiger partial charge in [0.1, 0.15) is 0 Å². The summed E-state index contributed by atoms with van der Waals surface area (Å²) >= 11 is 0. The van der Waals surface area contributed by atoms with E-state index < -0.39 is 12.1 Å². The zero-order valence-electron chi connectivity index (χ0n) is 10.9. The summed E-state index contributed by atoms with van der Waals surface area (Å²) in [6.07, 6.45) is -1.30. The Labute approximate surface area is 114 Å². The average Bonchev–Trinajstić information content (AvgIpc) is 2.99. The Kier molecular flexibility index (Phi) is 5.15. The van der Waals surface area contributed by atoms with Crippen molar-refractivity contribution in [2.45, 2.75) is 19.0 Å². The van der Waals surface area contributed by atoms with Crippen LogP contribution in [0.1, 0.15) is 12.8 Å². The number of carboxylic acid groups (broad SMARTS) is 1. The molecule has 1 amide bonds. The highest BCUT2D eigenvalue weighted by atomic mass is 19.4. The zero-order chi connectivity index (χ0) is 15.4. The first-order valence-electron chi connectivity index (χ1n) is 6.12. The van der Waals surface area contributed by atoms with Gasteiger partial charge in [-0.2, -0.15) is 13.2 Å². The molecule has 0 aliphatic carbocycles. The molecule has 2 aliphatic heterocycles. The molecule has 8 heteroatoms. The monoisotopic (exact) mass is 294 g/mol. The summed E-state index contributed by atoms with van der Waals surface area (Å²) in [5.41, 5.74) is 0.388. The average molecular weight is 294 g/mol. The molecule has 2 N–H and O–H groups in total. The first-order valence-corrected chi connectivity index (χ1v) is 6.12. The highest BCUT2D eigenvalue weighted by molar-refractivity contribution is 5.87. The van der Waals surface area contributed by atoms with Crippen molar-refractivity contribution in [2.75, 3.05) is 26.2 Å². The first kappa shape index (κ1) is 16.5. The molecular weight excluding hydrogens is 277 g/mol. The van der Waals surface area contributed by atoms with Crippen LogP contribution < -0.4 is 5.32 Å². The maximum atomic E-state index is 11.3. The largest absolute Gasteiger partial charge is 0.490 e. The highest BCUT2D eigenvalue weighted by Gasteiger charge is 2.41. The molecule has 1 unspecified atom stereocenters. The van der Waals surface area contributed by atoms with Gasteiger partial charge in [0.2, 0.25) is 5.91 Å². The van der Waals surface area contributed by atoms with Gasteiger partial charge in [-0.25, -0.2) is 4.79 Å². The van der Waals surface area contributed by atoms with Gasteiger partial charge in [-0.1, -0.05) is 6.58 Å². The third kappa shape index (κ3) is 4.22. The normalized spacial score (nSPS) is 25.2. The number of amides is 1. The number of rotatable bonds is 1. The van der Waals surface area contributed by atoms with Gasteiger partial charge in [0.25, 0.3) is 0 Å². The number of nitrogens with zero attached hydrogens (tertiary/aromatic N) is 1. The maximum absolute atomic E-state index is 11.3. The van der Waals surface area contributed by atoms with Crippen LogP contribution in [0.3, 0.4) is 0 Å². The molecule has 0 aromatic rings. The van der Waals surface area contributed by atoms with E-state index in [-0.39, 0.29) is 5.91 Å². The fraction of sp³-hybridized carbons (Fsp3) is 0.667. The molecule has 0 bridgehead atoms. The van der Waals surface area contributed by atoms with Crippen LogP contribution in [0.4, 0.5) is 13.2 Å². The van der Waals surface area contributed by atoms with E-state index in [4.69, 9.17) is 9.90 Å². The second-order valence-corrected chi connectivity index (χ2v) is 4.94. The standard InChI is InChI=1S/C10H16N2O.C2HF3O2/c1-2-9(13)12-6-4-10(8-12)3-5-11-7-10;3-2(4,5)1(6)7/h2,11H,1,3-8H2;(H,6,7). The van der Waals surface area contributed by atoms with Crippen LogP contribution in [0.5, 0.6) is 0 Å². The molecule has 5 nitrogen and oxygen atoms in total. The lowest BCUT2D eigenvalue weighted by molar-refractivity contribution is -0.192. The third-order valence-electron chi connectivity index (χ3n) is 3.50. The molecule has 2 aliphatic rings. The van der Waals surface area contributed by atoms with Gasteiger partial charge in [-0.05, 0) is 25.5 Å². The van der Waals surface area contributed by atoms with Crippen molar-refractivity contribution in [3.8, 4) is 0 Å². The molecule has 2 fully saturated rings. The number of halogens is 3. The summed E-state index contributed by atoms with van der Waals surface area (Å²) in [6.45, 7) is 7.53. The van der Waals surface area contributed by atoms with Crippen molar-refractivity contribution in [3.05, 3.63) is 12.7 Å². The maximum Gasteiger partial charge on any atom is 0.490 e. The summed E-state index contributed by atoms with van der Waals surface area (Å²) in [5.74, 6) is -2.67. The number of carbonyl (C=O) groups excluding carboxylic acids is 1. The fourth-order valence-electron chi connectivity index (χ4n) is 2.40. The molecular formula is C12H17F3N2O3. The molecule has 2 saturated heterocycles. The quantitative estimate of drug-likeness (QED) is 0.708. The Morgan fingerprint density at radius 2 is 1.95 bits per heavy atom. The summed E-state index contributed by atoms with van der Waals surface area (Å²) in [5, 5.41) is 10.5. The fourth-order valence-corrected chi connectivity index (χ4v) is 2.40.